The lowest BCUT2D eigenvalue weighted by molar-refractivity contribution is 0.343. The van der Waals surface area contributed by atoms with Crippen molar-refractivity contribution in [2.24, 2.45) is 5.73 Å². The number of rotatable bonds is 5. The molecule has 4 nitrogen and oxygen atoms in total. The van der Waals surface area contributed by atoms with Gasteiger partial charge in [-0.15, -0.1) is 0 Å². The molecule has 0 atom stereocenters. The van der Waals surface area contributed by atoms with Gasteiger partial charge in [-0.25, -0.2) is 0 Å². The number of ether oxygens (including phenoxy) is 3. The number of hydrogen-bond acceptors (Lipinski definition) is 4. The van der Waals surface area contributed by atoms with E-state index in [1.54, 1.807) is 21.3 Å². The minimum atomic E-state index is 0.0176. The second-order valence-corrected chi connectivity index (χ2v) is 5.28. The lowest BCUT2D eigenvalue weighted by atomic mass is 9.94. The highest BCUT2D eigenvalue weighted by molar-refractivity contribution is 9.10. The summed E-state index contributed by atoms with van der Waals surface area (Å²) in [4.78, 5) is 0. The molecule has 0 spiro atoms. The first-order chi connectivity index (χ1) is 8.63. The Morgan fingerprint density at radius 3 is 2.17 bits per heavy atom. The Bertz CT molecular complexity index is 458. The van der Waals surface area contributed by atoms with Crippen molar-refractivity contribution in [3.8, 4) is 17.2 Å². The fourth-order valence-corrected chi connectivity index (χ4v) is 3.26. The van der Waals surface area contributed by atoms with E-state index in [2.05, 4.69) is 15.9 Å². The Morgan fingerprint density at radius 1 is 1.17 bits per heavy atom. The minimum absolute atomic E-state index is 0.0176. The molecule has 1 aromatic rings. The number of nitrogens with two attached hydrogens (primary N) is 1. The summed E-state index contributed by atoms with van der Waals surface area (Å²) in [5, 5.41) is 0. The summed E-state index contributed by atoms with van der Waals surface area (Å²) in [5.74, 6) is 2.13. The van der Waals surface area contributed by atoms with Crippen LogP contribution < -0.4 is 19.9 Å². The first-order valence-electron chi connectivity index (χ1n) is 5.82. The Balaban J connectivity index is 2.64. The maximum atomic E-state index is 5.91. The van der Waals surface area contributed by atoms with E-state index in [1.807, 2.05) is 6.07 Å². The summed E-state index contributed by atoms with van der Waals surface area (Å²) in [6.45, 7) is 0.609. The third-order valence-electron chi connectivity index (χ3n) is 3.57. The number of hydrogen-bond donors (Lipinski definition) is 1. The lowest BCUT2D eigenvalue weighted by Gasteiger charge is -2.22. The van der Waals surface area contributed by atoms with Gasteiger partial charge in [0.25, 0.3) is 0 Å². The van der Waals surface area contributed by atoms with Crippen molar-refractivity contribution in [1.29, 1.82) is 0 Å². The van der Waals surface area contributed by atoms with Crippen LogP contribution >= 0.6 is 15.9 Å². The maximum Gasteiger partial charge on any atom is 0.175 e. The molecule has 0 radical (unpaired) electrons. The molecule has 0 aliphatic heterocycles. The summed E-state index contributed by atoms with van der Waals surface area (Å²) in [7, 11) is 4.89. The largest absolute Gasteiger partial charge is 0.496 e. The van der Waals surface area contributed by atoms with E-state index in [1.165, 1.54) is 0 Å². The molecule has 5 heteroatoms. The predicted octanol–water partition coefficient (Wildman–Crippen LogP) is 2.47. The predicted molar refractivity (Wildman–Crippen MR) is 73.8 cm³/mol. The Morgan fingerprint density at radius 2 is 1.78 bits per heavy atom. The third-order valence-corrected chi connectivity index (χ3v) is 4.33. The summed E-state index contributed by atoms with van der Waals surface area (Å²) in [5.41, 5.74) is 7.01. The molecule has 2 rings (SSSR count). The highest BCUT2D eigenvalue weighted by atomic mass is 79.9. The van der Waals surface area contributed by atoms with Crippen molar-refractivity contribution in [2.45, 2.75) is 18.3 Å². The topological polar surface area (TPSA) is 53.7 Å². The quantitative estimate of drug-likeness (QED) is 0.907. The molecule has 0 amide bonds. The van der Waals surface area contributed by atoms with Crippen molar-refractivity contribution in [3.05, 3.63) is 16.1 Å². The van der Waals surface area contributed by atoms with Gasteiger partial charge in [0.05, 0.1) is 25.8 Å². The van der Waals surface area contributed by atoms with Crippen LogP contribution in [0.2, 0.25) is 0 Å². The Kier molecular flexibility index (Phi) is 3.73. The molecule has 100 valence electrons. The monoisotopic (exact) mass is 315 g/mol. The SMILES string of the molecule is COc1cc(OC)c(C2(CN)CC2)c(Br)c1OC. The maximum absolute atomic E-state index is 5.91. The van der Waals surface area contributed by atoms with Gasteiger partial charge in [-0.2, -0.15) is 0 Å². The van der Waals surface area contributed by atoms with Crippen LogP contribution in [0.5, 0.6) is 17.2 Å². The average molecular weight is 316 g/mol. The molecule has 1 aliphatic rings. The van der Waals surface area contributed by atoms with Crippen molar-refractivity contribution >= 4 is 15.9 Å². The van der Waals surface area contributed by atoms with Gasteiger partial charge in [-0.1, -0.05) is 0 Å². The van der Waals surface area contributed by atoms with Gasteiger partial charge < -0.3 is 19.9 Å². The molecule has 0 aromatic heterocycles. The van der Waals surface area contributed by atoms with Crippen LogP contribution in [0.15, 0.2) is 10.5 Å². The lowest BCUT2D eigenvalue weighted by Crippen LogP contribution is -2.21. The molecular weight excluding hydrogens is 298 g/mol. The van der Waals surface area contributed by atoms with Crippen molar-refractivity contribution in [2.75, 3.05) is 27.9 Å². The van der Waals surface area contributed by atoms with Gasteiger partial charge in [-0.3, -0.25) is 0 Å². The molecule has 0 bridgehead atoms. The summed E-state index contributed by atoms with van der Waals surface area (Å²) < 4.78 is 17.1. The van der Waals surface area contributed by atoms with Crippen LogP contribution in [0.4, 0.5) is 0 Å². The molecule has 1 aliphatic carbocycles. The van der Waals surface area contributed by atoms with Gasteiger partial charge >= 0.3 is 0 Å². The number of methoxy groups -OCH3 is 3. The van der Waals surface area contributed by atoms with E-state index < -0.39 is 0 Å². The second-order valence-electron chi connectivity index (χ2n) is 4.49. The molecule has 1 aromatic carbocycles. The highest BCUT2D eigenvalue weighted by Crippen LogP contribution is 2.56. The van der Waals surface area contributed by atoms with Crippen LogP contribution in [0.1, 0.15) is 18.4 Å². The molecule has 0 unspecified atom stereocenters. The highest BCUT2D eigenvalue weighted by Gasteiger charge is 2.47. The summed E-state index contributed by atoms with van der Waals surface area (Å²) in [6, 6.07) is 1.86. The van der Waals surface area contributed by atoms with Crippen LogP contribution in [0.25, 0.3) is 0 Å². The zero-order valence-electron chi connectivity index (χ0n) is 10.9. The summed E-state index contributed by atoms with van der Waals surface area (Å²) >= 11 is 3.60. The Labute approximate surface area is 116 Å². The zero-order chi connectivity index (χ0) is 13.3. The average Bonchev–Trinajstić information content (AvgIpc) is 3.18. The van der Waals surface area contributed by atoms with E-state index in [4.69, 9.17) is 19.9 Å². The van der Waals surface area contributed by atoms with E-state index >= 15 is 0 Å². The van der Waals surface area contributed by atoms with Gasteiger partial charge in [-0.05, 0) is 28.8 Å². The molecule has 0 saturated heterocycles. The smallest absolute Gasteiger partial charge is 0.175 e. The normalized spacial score (nSPS) is 16.3. The molecule has 18 heavy (non-hydrogen) atoms. The molecule has 0 heterocycles. The first kappa shape index (κ1) is 13.5. The number of benzene rings is 1. The van der Waals surface area contributed by atoms with E-state index in [9.17, 15) is 0 Å². The van der Waals surface area contributed by atoms with Crippen molar-refractivity contribution in [1.82, 2.24) is 0 Å². The molecular formula is C13H18BrNO3. The first-order valence-corrected chi connectivity index (χ1v) is 6.62. The zero-order valence-corrected chi connectivity index (χ0v) is 12.5. The molecule has 2 N–H and O–H groups in total. The van der Waals surface area contributed by atoms with Crippen molar-refractivity contribution < 1.29 is 14.2 Å². The van der Waals surface area contributed by atoms with Crippen LogP contribution in [-0.2, 0) is 5.41 Å². The fourth-order valence-electron chi connectivity index (χ4n) is 2.29. The van der Waals surface area contributed by atoms with Crippen LogP contribution in [0.3, 0.4) is 0 Å². The van der Waals surface area contributed by atoms with E-state index in [0.717, 1.165) is 28.6 Å². The standard InChI is InChI=1S/C13H18BrNO3/c1-16-8-6-9(17-2)12(18-3)11(14)10(8)13(7-15)4-5-13/h6H,4-5,7,15H2,1-3H3. The number of halogens is 1. The molecule has 1 saturated carbocycles. The van der Waals surface area contributed by atoms with Gasteiger partial charge in [0.1, 0.15) is 5.75 Å². The van der Waals surface area contributed by atoms with E-state index in [0.29, 0.717) is 18.0 Å². The molecule has 1 fully saturated rings. The van der Waals surface area contributed by atoms with E-state index in [-0.39, 0.29) is 5.41 Å². The summed E-state index contributed by atoms with van der Waals surface area (Å²) in [6.07, 6.45) is 2.15. The van der Waals surface area contributed by atoms with Crippen LogP contribution in [-0.4, -0.2) is 27.9 Å². The van der Waals surface area contributed by atoms with Gasteiger partial charge in [0.2, 0.25) is 0 Å². The van der Waals surface area contributed by atoms with Crippen LogP contribution in [0, 0.1) is 0 Å². The van der Waals surface area contributed by atoms with Gasteiger partial charge in [0.15, 0.2) is 11.5 Å². The fraction of sp³-hybridized carbons (Fsp3) is 0.538. The Hall–Kier alpha value is -0.940. The minimum Gasteiger partial charge on any atom is -0.496 e. The second kappa shape index (κ2) is 4.97. The third kappa shape index (κ3) is 1.95. The van der Waals surface area contributed by atoms with Gasteiger partial charge in [0, 0.05) is 23.6 Å². The van der Waals surface area contributed by atoms with Crippen molar-refractivity contribution in [3.63, 3.8) is 0 Å².